The lowest BCUT2D eigenvalue weighted by Crippen LogP contribution is -2.46. The van der Waals surface area contributed by atoms with Crippen LogP contribution in [-0.4, -0.2) is 36.3 Å². The van der Waals surface area contributed by atoms with Crippen LogP contribution < -0.4 is 10.6 Å². The maximum atomic E-state index is 12.5. The summed E-state index contributed by atoms with van der Waals surface area (Å²) in [6, 6.07) is 7.96. The second kappa shape index (κ2) is 6.49. The van der Waals surface area contributed by atoms with Crippen LogP contribution in [0.1, 0.15) is 18.5 Å². The maximum Gasteiger partial charge on any atom is 0.253 e. The molecule has 1 aliphatic heterocycles. The molecule has 2 N–H and O–H groups in total. The van der Waals surface area contributed by atoms with E-state index in [1.165, 1.54) is 4.90 Å². The van der Waals surface area contributed by atoms with Crippen molar-refractivity contribution in [3.8, 4) is 0 Å². The van der Waals surface area contributed by atoms with E-state index in [-0.39, 0.29) is 11.9 Å². The summed E-state index contributed by atoms with van der Waals surface area (Å²) in [5.41, 5.74) is 2.53. The summed E-state index contributed by atoms with van der Waals surface area (Å²) in [7, 11) is 3.51. The Morgan fingerprint density at radius 1 is 1.29 bits per heavy atom. The average Bonchev–Trinajstić information content (AvgIpc) is 2.46. The zero-order chi connectivity index (χ0) is 15.6. The summed E-state index contributed by atoms with van der Waals surface area (Å²) in [5, 5.41) is 6.77. The number of carbonyl (C=O) groups excluding carboxylic acids is 1. The summed E-state index contributed by atoms with van der Waals surface area (Å²) in [6.45, 7) is 1.88. The molecule has 21 heavy (non-hydrogen) atoms. The van der Waals surface area contributed by atoms with Crippen LogP contribution in [0, 0.1) is 0 Å². The van der Waals surface area contributed by atoms with Crippen LogP contribution in [0.4, 0.5) is 0 Å². The highest BCUT2D eigenvalue weighted by molar-refractivity contribution is 7.98. The van der Waals surface area contributed by atoms with Gasteiger partial charge in [-0.2, -0.15) is 0 Å². The van der Waals surface area contributed by atoms with Crippen LogP contribution in [0.25, 0.3) is 0 Å². The molecule has 0 saturated heterocycles. The van der Waals surface area contributed by atoms with Gasteiger partial charge >= 0.3 is 0 Å². The van der Waals surface area contributed by atoms with Crippen LogP contribution in [0.2, 0.25) is 0 Å². The molecule has 1 aliphatic rings. The Balaban J connectivity index is 2.44. The Kier molecular flexibility index (Phi) is 4.90. The maximum absolute atomic E-state index is 12.5. The first-order chi connectivity index (χ1) is 9.93. The number of hydrogen-bond acceptors (Lipinski definition) is 3. The fourth-order valence-corrected chi connectivity index (χ4v) is 2.94. The largest absolute Gasteiger partial charge is 0.351 e. The minimum atomic E-state index is -0.218. The molecule has 0 spiro atoms. The van der Waals surface area contributed by atoms with Crippen LogP contribution in [0.15, 0.2) is 40.4 Å². The predicted molar refractivity (Wildman–Crippen MR) is 91.2 cm³/mol. The number of nitrogens with one attached hydrogen (secondary N) is 2. The Hall–Kier alpha value is -1.53. The Morgan fingerprint density at radius 3 is 2.43 bits per heavy atom. The van der Waals surface area contributed by atoms with E-state index in [2.05, 4.69) is 22.8 Å². The number of nitrogens with zero attached hydrogens (tertiary/aromatic N) is 1. The number of carbonyl (C=O) groups is 1. The third kappa shape index (κ3) is 3.39. The lowest BCUT2D eigenvalue weighted by atomic mass is 9.95. The quantitative estimate of drug-likeness (QED) is 0.661. The van der Waals surface area contributed by atoms with Crippen LogP contribution in [0.5, 0.6) is 0 Å². The molecule has 112 valence electrons. The molecule has 1 aromatic rings. The molecule has 0 saturated carbocycles. The number of likely N-dealkylation sites (N-methyl/N-ethyl adjacent to an activating group) is 1. The van der Waals surface area contributed by atoms with E-state index in [4.69, 9.17) is 12.2 Å². The monoisotopic (exact) mass is 321 g/mol. The van der Waals surface area contributed by atoms with Crippen LogP contribution in [0.3, 0.4) is 0 Å². The topological polar surface area (TPSA) is 44.4 Å². The summed E-state index contributed by atoms with van der Waals surface area (Å²) in [6.07, 6.45) is 2.04. The highest BCUT2D eigenvalue weighted by Gasteiger charge is 2.30. The van der Waals surface area contributed by atoms with Crippen molar-refractivity contribution in [3.63, 3.8) is 0 Å². The number of hydrogen-bond donors (Lipinski definition) is 2. The van der Waals surface area contributed by atoms with Crippen molar-refractivity contribution in [1.82, 2.24) is 15.5 Å². The van der Waals surface area contributed by atoms with Gasteiger partial charge in [-0.15, -0.1) is 11.8 Å². The Bertz CT molecular complexity index is 593. The first-order valence-corrected chi connectivity index (χ1v) is 8.21. The number of rotatable bonds is 3. The number of thiocarbonyl (C=S) groups is 1. The van der Waals surface area contributed by atoms with Gasteiger partial charge in [0, 0.05) is 24.7 Å². The van der Waals surface area contributed by atoms with Crippen molar-refractivity contribution in [2.45, 2.75) is 17.9 Å². The van der Waals surface area contributed by atoms with Gasteiger partial charge in [-0.3, -0.25) is 4.79 Å². The molecule has 0 bridgehead atoms. The minimum Gasteiger partial charge on any atom is -0.351 e. The Labute approximate surface area is 135 Å². The molecule has 1 heterocycles. The fraction of sp³-hybridized carbons (Fsp3) is 0.333. The third-order valence-corrected chi connectivity index (χ3v) is 4.32. The fourth-order valence-electron chi connectivity index (χ4n) is 2.26. The molecule has 0 unspecified atom stereocenters. The van der Waals surface area contributed by atoms with Gasteiger partial charge in [-0.25, -0.2) is 0 Å². The van der Waals surface area contributed by atoms with Gasteiger partial charge in [-0.1, -0.05) is 12.1 Å². The van der Waals surface area contributed by atoms with E-state index >= 15 is 0 Å². The normalized spacial score (nSPS) is 18.1. The molecule has 4 nitrogen and oxygen atoms in total. The van der Waals surface area contributed by atoms with Crippen molar-refractivity contribution < 1.29 is 4.79 Å². The lowest BCUT2D eigenvalue weighted by Gasteiger charge is -2.31. The van der Waals surface area contributed by atoms with Crippen molar-refractivity contribution in [2.24, 2.45) is 0 Å². The highest BCUT2D eigenvalue weighted by Crippen LogP contribution is 2.29. The van der Waals surface area contributed by atoms with E-state index < -0.39 is 0 Å². The standard InChI is InChI=1S/C15H19N3OS2/c1-9-12(14(19)18(2)3)13(17-15(20)16-9)10-5-7-11(21-4)8-6-10/h5-8,13H,1-4H3,(H2,16,17,20)/t13-/m1/s1. The minimum absolute atomic E-state index is 0.0195. The van der Waals surface area contributed by atoms with Gasteiger partial charge in [0.1, 0.15) is 0 Å². The molecule has 0 fully saturated rings. The molecule has 0 radical (unpaired) electrons. The van der Waals surface area contributed by atoms with Gasteiger partial charge in [-0.05, 0) is 43.1 Å². The lowest BCUT2D eigenvalue weighted by molar-refractivity contribution is -0.125. The van der Waals surface area contributed by atoms with Crippen molar-refractivity contribution in [2.75, 3.05) is 20.4 Å². The second-order valence-corrected chi connectivity index (χ2v) is 6.33. The Morgan fingerprint density at radius 2 is 1.90 bits per heavy atom. The van der Waals surface area contributed by atoms with Gasteiger partial charge in [0.2, 0.25) is 0 Å². The van der Waals surface area contributed by atoms with E-state index in [0.29, 0.717) is 10.7 Å². The number of thioether (sulfide) groups is 1. The molecule has 0 aromatic heterocycles. The molecule has 1 atom stereocenters. The number of allylic oxidation sites excluding steroid dienone is 1. The predicted octanol–water partition coefficient (Wildman–Crippen LogP) is 2.29. The first kappa shape index (κ1) is 15.9. The molecule has 2 rings (SSSR count). The van der Waals surface area contributed by atoms with Gasteiger partial charge in [0.05, 0.1) is 11.6 Å². The van der Waals surface area contributed by atoms with E-state index in [9.17, 15) is 4.79 Å². The van der Waals surface area contributed by atoms with E-state index in [1.807, 2.05) is 25.3 Å². The summed E-state index contributed by atoms with van der Waals surface area (Å²) < 4.78 is 0. The summed E-state index contributed by atoms with van der Waals surface area (Å²) in [4.78, 5) is 15.2. The van der Waals surface area contributed by atoms with Gasteiger partial charge in [0.15, 0.2) is 5.11 Å². The zero-order valence-corrected chi connectivity index (χ0v) is 14.2. The number of amides is 1. The molecule has 1 amide bonds. The summed E-state index contributed by atoms with van der Waals surface area (Å²) in [5.74, 6) is -0.0195. The van der Waals surface area contributed by atoms with Crippen molar-refractivity contribution in [3.05, 3.63) is 41.1 Å². The van der Waals surface area contributed by atoms with E-state index in [1.54, 1.807) is 30.8 Å². The number of benzene rings is 1. The molecule has 0 aliphatic carbocycles. The molecular formula is C15H19N3OS2. The first-order valence-electron chi connectivity index (χ1n) is 6.58. The molecule has 6 heteroatoms. The summed E-state index contributed by atoms with van der Waals surface area (Å²) >= 11 is 6.92. The van der Waals surface area contributed by atoms with Crippen molar-refractivity contribution in [1.29, 1.82) is 0 Å². The highest BCUT2D eigenvalue weighted by atomic mass is 32.2. The smallest absolute Gasteiger partial charge is 0.253 e. The average molecular weight is 321 g/mol. The third-order valence-electron chi connectivity index (χ3n) is 3.35. The van der Waals surface area contributed by atoms with Crippen molar-refractivity contribution >= 4 is 35.0 Å². The second-order valence-electron chi connectivity index (χ2n) is 5.04. The zero-order valence-electron chi connectivity index (χ0n) is 12.6. The van der Waals surface area contributed by atoms with Gasteiger partial charge < -0.3 is 15.5 Å². The van der Waals surface area contributed by atoms with Crippen LogP contribution >= 0.6 is 24.0 Å². The molecule has 1 aromatic carbocycles. The van der Waals surface area contributed by atoms with E-state index in [0.717, 1.165) is 11.3 Å². The SMILES string of the molecule is CSc1ccc([C@H]2NC(=S)NC(C)=C2C(=O)N(C)C)cc1. The van der Waals surface area contributed by atoms with Crippen LogP contribution in [-0.2, 0) is 4.79 Å². The van der Waals surface area contributed by atoms with Gasteiger partial charge in [0.25, 0.3) is 5.91 Å². The molecular weight excluding hydrogens is 302 g/mol.